The zero-order valence-electron chi connectivity index (χ0n) is 16.0. The number of amides is 2. The Hall–Kier alpha value is -3.87. The van der Waals surface area contributed by atoms with Crippen molar-refractivity contribution >= 4 is 22.5 Å². The fraction of sp³-hybridized carbons (Fsp3) is 0.105. The average Bonchev–Trinajstić information content (AvgIpc) is 3.29. The molecular weight excluding hydrogens is 449 g/mol. The predicted molar refractivity (Wildman–Crippen MR) is 107 cm³/mol. The number of aromatic nitrogens is 4. The van der Waals surface area contributed by atoms with E-state index in [2.05, 4.69) is 20.4 Å². The third-order valence-electron chi connectivity index (χ3n) is 4.17. The Morgan fingerprint density at radius 3 is 2.50 bits per heavy atom. The zero-order valence-corrected chi connectivity index (χ0v) is 16.8. The lowest BCUT2D eigenvalue weighted by atomic mass is 10.2. The van der Waals surface area contributed by atoms with Crippen LogP contribution in [0.4, 0.5) is 23.7 Å². The van der Waals surface area contributed by atoms with Crippen LogP contribution in [0.15, 0.2) is 64.0 Å². The molecule has 164 valence electrons. The standard InChI is InChI=1S/C19H13F3N6O3S/c20-12-2-1-3-14(10-12)28(19(29)27-6-8-32(30)9-7-27)11-13-4-5-15(24-23-13)17-25-26-18(31-17)16(21)22/h1-10,16H,11H2. The van der Waals surface area contributed by atoms with E-state index >= 15 is 0 Å². The minimum atomic E-state index is -2.91. The lowest BCUT2D eigenvalue weighted by Gasteiger charge is -2.27. The van der Waals surface area contributed by atoms with Crippen LogP contribution >= 0.6 is 0 Å². The van der Waals surface area contributed by atoms with Crippen molar-refractivity contribution in [2.24, 2.45) is 0 Å². The molecule has 0 saturated carbocycles. The number of carbonyl (C=O) groups excluding carboxylic acids is 1. The van der Waals surface area contributed by atoms with E-state index < -0.39 is 35.0 Å². The Morgan fingerprint density at radius 2 is 1.88 bits per heavy atom. The molecule has 2 amide bonds. The maximum atomic E-state index is 13.8. The highest BCUT2D eigenvalue weighted by atomic mass is 32.2. The number of urea groups is 1. The number of carbonyl (C=O) groups is 1. The molecule has 3 aromatic rings. The Balaban J connectivity index is 1.59. The van der Waals surface area contributed by atoms with Crippen molar-refractivity contribution in [1.29, 1.82) is 0 Å². The van der Waals surface area contributed by atoms with E-state index in [1.54, 1.807) is 6.07 Å². The Labute approximate surface area is 181 Å². The van der Waals surface area contributed by atoms with Crippen LogP contribution in [0.1, 0.15) is 18.0 Å². The molecule has 0 N–H and O–H groups in total. The highest BCUT2D eigenvalue weighted by molar-refractivity contribution is 7.90. The van der Waals surface area contributed by atoms with Crippen LogP contribution in [-0.4, -0.2) is 35.5 Å². The van der Waals surface area contributed by atoms with Crippen molar-refractivity contribution < 1.29 is 26.6 Å². The van der Waals surface area contributed by atoms with Gasteiger partial charge in [0.2, 0.25) is 0 Å². The van der Waals surface area contributed by atoms with E-state index in [-0.39, 0.29) is 23.8 Å². The second-order valence-corrected chi connectivity index (χ2v) is 7.51. The molecule has 0 bridgehead atoms. The van der Waals surface area contributed by atoms with E-state index in [1.807, 2.05) is 0 Å². The van der Waals surface area contributed by atoms with Gasteiger partial charge in [0.05, 0.1) is 23.0 Å². The molecule has 0 unspecified atom stereocenters. The number of alkyl halides is 2. The molecule has 0 fully saturated rings. The largest absolute Gasteiger partial charge is 0.413 e. The molecule has 9 nitrogen and oxygen atoms in total. The highest BCUT2D eigenvalue weighted by Gasteiger charge is 2.23. The first-order valence-corrected chi connectivity index (χ1v) is 10.2. The summed E-state index contributed by atoms with van der Waals surface area (Å²) < 4.78 is 55.3. The molecule has 0 spiro atoms. The van der Waals surface area contributed by atoms with Gasteiger partial charge in [-0.2, -0.15) is 13.9 Å². The molecule has 1 aliphatic heterocycles. The highest BCUT2D eigenvalue weighted by Crippen LogP contribution is 2.23. The molecule has 13 heteroatoms. The van der Waals surface area contributed by atoms with E-state index in [9.17, 15) is 22.2 Å². The summed E-state index contributed by atoms with van der Waals surface area (Å²) in [4.78, 5) is 15.5. The van der Waals surface area contributed by atoms with Crippen LogP contribution < -0.4 is 4.90 Å². The van der Waals surface area contributed by atoms with Gasteiger partial charge < -0.3 is 4.42 Å². The SMILES string of the molecule is O=C(N1C=CS(=O)C=C1)N(Cc1ccc(-c2nnc(C(F)F)o2)nn1)c1cccc(F)c1. The van der Waals surface area contributed by atoms with Gasteiger partial charge in [0.1, 0.15) is 11.5 Å². The third kappa shape index (κ3) is 4.72. The second-order valence-electron chi connectivity index (χ2n) is 6.31. The van der Waals surface area contributed by atoms with Crippen LogP contribution in [0.3, 0.4) is 0 Å². The molecular formula is C19H13F3N6O3S. The van der Waals surface area contributed by atoms with Gasteiger partial charge in [0.25, 0.3) is 11.8 Å². The number of rotatable bonds is 5. The van der Waals surface area contributed by atoms with Crippen LogP contribution in [0.2, 0.25) is 0 Å². The summed E-state index contributed by atoms with van der Waals surface area (Å²) in [6.45, 7) is -0.0943. The van der Waals surface area contributed by atoms with Gasteiger partial charge in [-0.3, -0.25) is 14.0 Å². The number of hydrogen-bond donors (Lipinski definition) is 0. The summed E-state index contributed by atoms with van der Waals surface area (Å²) in [5.74, 6) is -1.61. The zero-order chi connectivity index (χ0) is 22.7. The first kappa shape index (κ1) is 21.4. The Bertz CT molecular complexity index is 1200. The summed E-state index contributed by atoms with van der Waals surface area (Å²) in [6.07, 6.45) is -0.226. The van der Waals surface area contributed by atoms with Crippen LogP contribution in [0.5, 0.6) is 0 Å². The van der Waals surface area contributed by atoms with Gasteiger partial charge in [-0.05, 0) is 30.3 Å². The van der Waals surface area contributed by atoms with Gasteiger partial charge in [0.15, 0.2) is 0 Å². The Kier molecular flexibility index (Phi) is 6.07. The van der Waals surface area contributed by atoms with Gasteiger partial charge in [-0.25, -0.2) is 9.18 Å². The lowest BCUT2D eigenvalue weighted by Crippen LogP contribution is -2.38. The summed E-state index contributed by atoms with van der Waals surface area (Å²) in [5.41, 5.74) is 0.641. The van der Waals surface area contributed by atoms with Crippen molar-refractivity contribution in [3.8, 4) is 11.6 Å². The minimum Gasteiger partial charge on any atom is -0.413 e. The molecule has 0 radical (unpaired) electrons. The van der Waals surface area contributed by atoms with Crippen molar-refractivity contribution in [2.45, 2.75) is 13.0 Å². The van der Waals surface area contributed by atoms with Crippen molar-refractivity contribution in [2.75, 3.05) is 4.90 Å². The molecule has 4 rings (SSSR count). The minimum absolute atomic E-state index is 0.0705. The number of halogens is 3. The summed E-state index contributed by atoms with van der Waals surface area (Å²) in [5, 5.41) is 17.2. The second kappa shape index (κ2) is 9.09. The Morgan fingerprint density at radius 1 is 1.09 bits per heavy atom. The average molecular weight is 462 g/mol. The maximum Gasteiger partial charge on any atom is 0.332 e. The third-order valence-corrected chi connectivity index (χ3v) is 4.95. The topological polar surface area (TPSA) is 105 Å². The fourth-order valence-corrected chi connectivity index (χ4v) is 3.27. The van der Waals surface area contributed by atoms with Gasteiger partial charge in [-0.1, -0.05) is 6.07 Å². The summed E-state index contributed by atoms with van der Waals surface area (Å²) >= 11 is 0. The first-order valence-electron chi connectivity index (χ1n) is 8.96. The number of benzene rings is 1. The van der Waals surface area contributed by atoms with Gasteiger partial charge >= 0.3 is 12.5 Å². The number of nitrogens with zero attached hydrogens (tertiary/aromatic N) is 6. The fourth-order valence-electron chi connectivity index (χ4n) is 2.67. The van der Waals surface area contributed by atoms with Gasteiger partial charge in [0, 0.05) is 28.9 Å². The van der Waals surface area contributed by atoms with E-state index in [0.717, 1.165) is 0 Å². The van der Waals surface area contributed by atoms with Crippen molar-refractivity contribution in [1.82, 2.24) is 25.3 Å². The quantitative estimate of drug-likeness (QED) is 0.569. The lowest BCUT2D eigenvalue weighted by molar-refractivity contribution is 0.116. The molecule has 1 aromatic carbocycles. The van der Waals surface area contributed by atoms with Crippen molar-refractivity contribution in [3.63, 3.8) is 0 Å². The molecule has 32 heavy (non-hydrogen) atoms. The maximum absolute atomic E-state index is 13.8. The van der Waals surface area contributed by atoms with Crippen molar-refractivity contribution in [3.05, 3.63) is 77.0 Å². The number of anilines is 1. The van der Waals surface area contributed by atoms with Crippen LogP contribution in [0, 0.1) is 5.82 Å². The molecule has 0 aliphatic carbocycles. The summed E-state index contributed by atoms with van der Waals surface area (Å²) in [7, 11) is -1.32. The van der Waals surface area contributed by atoms with Crippen LogP contribution in [0.25, 0.3) is 11.6 Å². The van der Waals surface area contributed by atoms with Gasteiger partial charge in [-0.15, -0.1) is 15.3 Å². The van der Waals surface area contributed by atoms with E-state index in [1.165, 1.54) is 63.3 Å². The van der Waals surface area contributed by atoms with E-state index in [0.29, 0.717) is 5.69 Å². The predicted octanol–water partition coefficient (Wildman–Crippen LogP) is 3.74. The summed E-state index contributed by atoms with van der Waals surface area (Å²) in [6, 6.07) is 7.77. The molecule has 2 aromatic heterocycles. The van der Waals surface area contributed by atoms with E-state index in [4.69, 9.17) is 4.42 Å². The smallest absolute Gasteiger partial charge is 0.332 e. The molecule has 0 atom stereocenters. The molecule has 1 aliphatic rings. The van der Waals surface area contributed by atoms with Crippen LogP contribution in [-0.2, 0) is 17.3 Å². The normalized spacial score (nSPS) is 13.7. The monoisotopic (exact) mass is 462 g/mol. The molecule has 0 saturated heterocycles. The number of hydrogen-bond acceptors (Lipinski definition) is 7. The molecule has 3 heterocycles. The first-order chi connectivity index (χ1) is 15.4.